The van der Waals surface area contributed by atoms with Gasteiger partial charge in [-0.15, -0.1) is 0 Å². The molecule has 1 amide bonds. The minimum atomic E-state index is -0.148. The average Bonchev–Trinajstić information content (AvgIpc) is 3.08. The highest BCUT2D eigenvalue weighted by molar-refractivity contribution is 7.99. The summed E-state index contributed by atoms with van der Waals surface area (Å²) in [5.41, 5.74) is 2.28. The lowest BCUT2D eigenvalue weighted by molar-refractivity contribution is -0.119. The van der Waals surface area contributed by atoms with Gasteiger partial charge in [0.2, 0.25) is 5.91 Å². The molecular formula is C18H17ClN4O3S. The van der Waals surface area contributed by atoms with E-state index in [0.29, 0.717) is 34.8 Å². The fourth-order valence-electron chi connectivity index (χ4n) is 2.75. The van der Waals surface area contributed by atoms with Crippen LogP contribution in [0.4, 0.5) is 0 Å². The third-order valence-corrected chi connectivity index (χ3v) is 5.15. The Morgan fingerprint density at radius 1 is 1.33 bits per heavy atom. The van der Waals surface area contributed by atoms with E-state index in [1.54, 1.807) is 12.3 Å². The third-order valence-electron chi connectivity index (χ3n) is 4.07. The maximum Gasteiger partial charge on any atom is 0.230 e. The van der Waals surface area contributed by atoms with Crippen molar-refractivity contribution in [3.8, 4) is 11.5 Å². The van der Waals surface area contributed by atoms with Crippen molar-refractivity contribution in [3.05, 3.63) is 41.0 Å². The van der Waals surface area contributed by atoms with Crippen molar-refractivity contribution in [2.24, 2.45) is 0 Å². The highest BCUT2D eigenvalue weighted by Gasteiger charge is 2.16. The van der Waals surface area contributed by atoms with Gasteiger partial charge in [-0.25, -0.2) is 9.97 Å². The Hall–Kier alpha value is -2.45. The van der Waals surface area contributed by atoms with E-state index in [0.717, 1.165) is 16.8 Å². The zero-order valence-electron chi connectivity index (χ0n) is 14.5. The first-order valence-electron chi connectivity index (χ1n) is 8.41. The molecule has 0 radical (unpaired) electrons. The summed E-state index contributed by atoms with van der Waals surface area (Å²) in [5.74, 6) is 1.59. The molecule has 0 fully saturated rings. The fraction of sp³-hybridized carbons (Fsp3) is 0.278. The minimum Gasteiger partial charge on any atom is -0.486 e. The summed E-state index contributed by atoms with van der Waals surface area (Å²) < 4.78 is 11.1. The number of nitrogens with zero attached hydrogens (tertiary/aromatic N) is 2. The smallest absolute Gasteiger partial charge is 0.230 e. The van der Waals surface area contributed by atoms with Crippen molar-refractivity contribution in [2.75, 3.05) is 19.0 Å². The maximum atomic E-state index is 12.3. The first kappa shape index (κ1) is 17.9. The van der Waals surface area contributed by atoms with E-state index in [4.69, 9.17) is 21.1 Å². The SMILES string of the molecule is C[C@H](NC(=O)CSc1nc2ncc(Cl)cc2[nH]1)c1ccc2c(c1)OCCO2. The second-order valence-corrected chi connectivity index (χ2v) is 7.45. The Bertz CT molecular complexity index is 994. The molecule has 1 aliphatic heterocycles. The summed E-state index contributed by atoms with van der Waals surface area (Å²) in [7, 11) is 0. The number of amides is 1. The van der Waals surface area contributed by atoms with Gasteiger partial charge in [-0.2, -0.15) is 0 Å². The van der Waals surface area contributed by atoms with E-state index in [-0.39, 0.29) is 17.7 Å². The molecule has 0 aliphatic carbocycles. The van der Waals surface area contributed by atoms with Gasteiger partial charge >= 0.3 is 0 Å². The molecule has 7 nitrogen and oxygen atoms in total. The average molecular weight is 405 g/mol. The predicted molar refractivity (Wildman–Crippen MR) is 104 cm³/mol. The number of hydrogen-bond donors (Lipinski definition) is 2. The molecule has 2 aromatic heterocycles. The Morgan fingerprint density at radius 2 is 2.15 bits per heavy atom. The van der Waals surface area contributed by atoms with Crippen LogP contribution in [0.5, 0.6) is 11.5 Å². The van der Waals surface area contributed by atoms with Crippen molar-refractivity contribution >= 4 is 40.4 Å². The Morgan fingerprint density at radius 3 is 3.00 bits per heavy atom. The van der Waals surface area contributed by atoms with Crippen LogP contribution in [0.15, 0.2) is 35.6 Å². The first-order valence-corrected chi connectivity index (χ1v) is 9.78. The summed E-state index contributed by atoms with van der Waals surface area (Å²) in [6.07, 6.45) is 1.54. The number of pyridine rings is 1. The van der Waals surface area contributed by atoms with Crippen LogP contribution in [-0.2, 0) is 4.79 Å². The van der Waals surface area contributed by atoms with Crippen LogP contribution in [0.3, 0.4) is 0 Å². The second kappa shape index (κ2) is 7.66. The molecule has 1 aliphatic rings. The van der Waals surface area contributed by atoms with Crippen LogP contribution >= 0.6 is 23.4 Å². The van der Waals surface area contributed by atoms with E-state index in [1.807, 2.05) is 25.1 Å². The van der Waals surface area contributed by atoms with Gasteiger partial charge in [0.05, 0.1) is 22.3 Å². The van der Waals surface area contributed by atoms with E-state index in [9.17, 15) is 4.79 Å². The molecule has 3 heterocycles. The van der Waals surface area contributed by atoms with Crippen molar-refractivity contribution in [2.45, 2.75) is 18.1 Å². The quantitative estimate of drug-likeness (QED) is 0.634. The largest absolute Gasteiger partial charge is 0.486 e. The lowest BCUT2D eigenvalue weighted by Gasteiger charge is -2.21. The number of hydrogen-bond acceptors (Lipinski definition) is 6. The lowest BCUT2D eigenvalue weighted by Crippen LogP contribution is -2.28. The number of ether oxygens (including phenoxy) is 2. The summed E-state index contributed by atoms with van der Waals surface area (Å²) in [6, 6.07) is 7.31. The zero-order chi connectivity index (χ0) is 18.8. The van der Waals surface area contributed by atoms with Crippen molar-refractivity contribution < 1.29 is 14.3 Å². The maximum absolute atomic E-state index is 12.3. The number of thioether (sulfide) groups is 1. The van der Waals surface area contributed by atoms with Crippen molar-refractivity contribution in [3.63, 3.8) is 0 Å². The number of carbonyl (C=O) groups excluding carboxylic acids is 1. The molecule has 0 spiro atoms. The molecular weight excluding hydrogens is 388 g/mol. The first-order chi connectivity index (χ1) is 13.1. The Kier molecular flexibility index (Phi) is 5.09. The van der Waals surface area contributed by atoms with Crippen molar-refractivity contribution in [1.82, 2.24) is 20.3 Å². The van der Waals surface area contributed by atoms with Crippen LogP contribution in [-0.4, -0.2) is 39.8 Å². The fourth-order valence-corrected chi connectivity index (χ4v) is 3.59. The molecule has 4 rings (SSSR count). The van der Waals surface area contributed by atoms with Crippen LogP contribution in [0.2, 0.25) is 5.02 Å². The van der Waals surface area contributed by atoms with Gasteiger partial charge < -0.3 is 19.8 Å². The van der Waals surface area contributed by atoms with E-state index < -0.39 is 0 Å². The van der Waals surface area contributed by atoms with Gasteiger partial charge in [0.15, 0.2) is 22.3 Å². The minimum absolute atomic E-state index is 0.0890. The van der Waals surface area contributed by atoms with E-state index in [2.05, 4.69) is 20.3 Å². The monoisotopic (exact) mass is 404 g/mol. The molecule has 140 valence electrons. The van der Waals surface area contributed by atoms with Crippen LogP contribution in [0.1, 0.15) is 18.5 Å². The molecule has 1 atom stereocenters. The second-order valence-electron chi connectivity index (χ2n) is 6.05. The number of fused-ring (bicyclic) bond motifs is 2. The number of rotatable bonds is 5. The lowest BCUT2D eigenvalue weighted by atomic mass is 10.1. The van der Waals surface area contributed by atoms with Gasteiger partial charge in [0.25, 0.3) is 0 Å². The van der Waals surface area contributed by atoms with Crippen molar-refractivity contribution in [1.29, 1.82) is 0 Å². The number of aromatic amines is 1. The van der Waals surface area contributed by atoms with Gasteiger partial charge in [-0.3, -0.25) is 4.79 Å². The van der Waals surface area contributed by atoms with Gasteiger partial charge in [0, 0.05) is 6.20 Å². The standard InChI is InChI=1S/C18H17ClN4O3S/c1-10(11-2-3-14-15(6-11)26-5-4-25-14)21-16(24)9-27-18-22-13-7-12(19)8-20-17(13)23-18/h2-3,6-8,10H,4-5,9H2,1H3,(H,21,24)(H,20,22,23)/t10-/m0/s1. The van der Waals surface area contributed by atoms with Crippen LogP contribution < -0.4 is 14.8 Å². The molecule has 1 aromatic carbocycles. The summed E-state index contributed by atoms with van der Waals surface area (Å²) in [5, 5.41) is 4.14. The molecule has 0 saturated carbocycles. The number of carbonyl (C=O) groups is 1. The summed E-state index contributed by atoms with van der Waals surface area (Å²) >= 11 is 7.23. The van der Waals surface area contributed by atoms with Crippen LogP contribution in [0, 0.1) is 0 Å². The van der Waals surface area contributed by atoms with Crippen LogP contribution in [0.25, 0.3) is 11.2 Å². The molecule has 0 unspecified atom stereocenters. The van der Waals surface area contributed by atoms with Gasteiger partial charge in [-0.05, 0) is 30.7 Å². The number of halogens is 1. The molecule has 27 heavy (non-hydrogen) atoms. The number of aromatic nitrogens is 3. The predicted octanol–water partition coefficient (Wildman–Crippen LogP) is 3.35. The number of H-pyrrole nitrogens is 1. The zero-order valence-corrected chi connectivity index (χ0v) is 16.1. The number of imidazole rings is 1. The summed E-state index contributed by atoms with van der Waals surface area (Å²) in [6.45, 7) is 3.02. The molecule has 0 bridgehead atoms. The van der Waals surface area contributed by atoms with E-state index >= 15 is 0 Å². The normalized spacial score (nSPS) is 14.1. The Balaban J connectivity index is 1.35. The topological polar surface area (TPSA) is 89.1 Å². The number of benzene rings is 1. The number of nitrogens with one attached hydrogen (secondary N) is 2. The van der Waals surface area contributed by atoms with Gasteiger partial charge in [-0.1, -0.05) is 29.4 Å². The molecule has 0 saturated heterocycles. The third kappa shape index (κ3) is 4.12. The summed E-state index contributed by atoms with van der Waals surface area (Å²) in [4.78, 5) is 23.9. The van der Waals surface area contributed by atoms with E-state index in [1.165, 1.54) is 11.8 Å². The van der Waals surface area contributed by atoms with Gasteiger partial charge in [0.1, 0.15) is 13.2 Å². The molecule has 9 heteroatoms. The highest BCUT2D eigenvalue weighted by Crippen LogP contribution is 2.32. The molecule has 2 N–H and O–H groups in total. The molecule has 3 aromatic rings. The Labute approximate surface area is 164 Å². The highest BCUT2D eigenvalue weighted by atomic mass is 35.5.